The number of carboxylic acid groups (broad SMARTS) is 1. The monoisotopic (exact) mass is 261 g/mol. The Labute approximate surface area is 108 Å². The number of aliphatic carboxylic acids is 1. The van der Waals surface area contributed by atoms with E-state index in [0.717, 1.165) is 0 Å². The van der Waals surface area contributed by atoms with Crippen LogP contribution >= 0.6 is 0 Å². The van der Waals surface area contributed by atoms with E-state index in [9.17, 15) is 20.0 Å². The predicted molar refractivity (Wildman–Crippen MR) is 66.7 cm³/mol. The number of rotatable bonds is 3. The van der Waals surface area contributed by atoms with Gasteiger partial charge in [-0.2, -0.15) is 0 Å². The summed E-state index contributed by atoms with van der Waals surface area (Å²) in [6.07, 6.45) is 5.35. The average Bonchev–Trinajstić information content (AvgIpc) is 2.39. The lowest BCUT2D eigenvalue weighted by atomic mass is 9.88. The molecule has 0 heterocycles. The SMILES string of the molecule is O=C(O)C1(O)C=CC(c2cccc([N+](=O)[O-])c2)C=C1. The molecule has 1 aliphatic carbocycles. The summed E-state index contributed by atoms with van der Waals surface area (Å²) >= 11 is 0. The van der Waals surface area contributed by atoms with Crippen molar-refractivity contribution in [2.24, 2.45) is 0 Å². The van der Waals surface area contributed by atoms with Crippen LogP contribution in [0.4, 0.5) is 5.69 Å². The van der Waals surface area contributed by atoms with Crippen LogP contribution in [0.5, 0.6) is 0 Å². The van der Waals surface area contributed by atoms with E-state index in [1.807, 2.05) is 0 Å². The van der Waals surface area contributed by atoms with Crippen molar-refractivity contribution in [2.75, 3.05) is 0 Å². The Kier molecular flexibility index (Phi) is 3.18. The van der Waals surface area contributed by atoms with Crippen LogP contribution in [0.3, 0.4) is 0 Å². The van der Waals surface area contributed by atoms with E-state index < -0.39 is 16.5 Å². The molecular formula is C13H11NO5. The van der Waals surface area contributed by atoms with Gasteiger partial charge in [-0.1, -0.05) is 24.3 Å². The molecular weight excluding hydrogens is 250 g/mol. The molecule has 1 aliphatic rings. The van der Waals surface area contributed by atoms with Crippen molar-refractivity contribution in [3.8, 4) is 0 Å². The molecule has 0 amide bonds. The highest BCUT2D eigenvalue weighted by atomic mass is 16.6. The van der Waals surface area contributed by atoms with Gasteiger partial charge in [0.1, 0.15) is 0 Å². The molecule has 0 aromatic heterocycles. The third kappa shape index (κ3) is 2.53. The maximum absolute atomic E-state index is 10.8. The van der Waals surface area contributed by atoms with E-state index in [4.69, 9.17) is 5.11 Å². The van der Waals surface area contributed by atoms with Gasteiger partial charge >= 0.3 is 5.97 Å². The zero-order valence-electron chi connectivity index (χ0n) is 9.76. The molecule has 0 atom stereocenters. The Morgan fingerprint density at radius 3 is 2.47 bits per heavy atom. The Morgan fingerprint density at radius 2 is 1.95 bits per heavy atom. The van der Waals surface area contributed by atoms with Gasteiger partial charge in [-0.15, -0.1) is 0 Å². The molecule has 2 N–H and O–H groups in total. The minimum absolute atomic E-state index is 0.0293. The van der Waals surface area contributed by atoms with Crippen LogP contribution in [0.2, 0.25) is 0 Å². The van der Waals surface area contributed by atoms with Crippen LogP contribution in [0.15, 0.2) is 48.6 Å². The minimum atomic E-state index is -2.00. The van der Waals surface area contributed by atoms with Gasteiger partial charge in [0.15, 0.2) is 5.60 Å². The van der Waals surface area contributed by atoms with E-state index >= 15 is 0 Å². The molecule has 0 saturated heterocycles. The summed E-state index contributed by atoms with van der Waals surface area (Å²) in [7, 11) is 0. The highest BCUT2D eigenvalue weighted by Crippen LogP contribution is 2.28. The maximum Gasteiger partial charge on any atom is 0.343 e. The van der Waals surface area contributed by atoms with Gasteiger partial charge in [-0.3, -0.25) is 10.1 Å². The summed E-state index contributed by atoms with van der Waals surface area (Å²) in [4.78, 5) is 21.0. The lowest BCUT2D eigenvalue weighted by molar-refractivity contribution is -0.384. The van der Waals surface area contributed by atoms with Crippen molar-refractivity contribution >= 4 is 11.7 Å². The first kappa shape index (κ1) is 13.0. The Morgan fingerprint density at radius 1 is 1.32 bits per heavy atom. The molecule has 0 unspecified atom stereocenters. The zero-order valence-corrected chi connectivity index (χ0v) is 9.76. The number of nitro benzene ring substituents is 1. The van der Waals surface area contributed by atoms with E-state index in [-0.39, 0.29) is 11.6 Å². The fraction of sp³-hybridized carbons (Fsp3) is 0.154. The highest BCUT2D eigenvalue weighted by molar-refractivity contribution is 5.83. The number of benzene rings is 1. The molecule has 0 fully saturated rings. The predicted octanol–water partition coefficient (Wildman–Crippen LogP) is 1.62. The van der Waals surface area contributed by atoms with Crippen molar-refractivity contribution in [3.05, 3.63) is 64.2 Å². The highest BCUT2D eigenvalue weighted by Gasteiger charge is 2.32. The standard InChI is InChI=1S/C13H11NO5/c15-12(16)13(17)6-4-9(5-7-13)10-2-1-3-11(8-10)14(18)19/h1-9,17H,(H,15,16). The second kappa shape index (κ2) is 4.66. The third-order valence-electron chi connectivity index (χ3n) is 2.92. The smallest absolute Gasteiger partial charge is 0.343 e. The van der Waals surface area contributed by atoms with E-state index in [0.29, 0.717) is 5.56 Å². The largest absolute Gasteiger partial charge is 0.479 e. The van der Waals surface area contributed by atoms with Gasteiger partial charge in [0.2, 0.25) is 0 Å². The molecule has 0 saturated carbocycles. The first-order valence-electron chi connectivity index (χ1n) is 5.51. The molecule has 6 nitrogen and oxygen atoms in total. The molecule has 0 radical (unpaired) electrons. The third-order valence-corrected chi connectivity index (χ3v) is 2.92. The van der Waals surface area contributed by atoms with Crippen LogP contribution in [-0.4, -0.2) is 26.7 Å². The van der Waals surface area contributed by atoms with Crippen LogP contribution in [-0.2, 0) is 4.79 Å². The van der Waals surface area contributed by atoms with Crippen LogP contribution in [0, 0.1) is 10.1 Å². The van der Waals surface area contributed by atoms with Crippen molar-refractivity contribution in [3.63, 3.8) is 0 Å². The van der Waals surface area contributed by atoms with E-state index in [1.54, 1.807) is 12.1 Å². The topological polar surface area (TPSA) is 101 Å². The van der Waals surface area contributed by atoms with Gasteiger partial charge in [0.05, 0.1) is 4.92 Å². The van der Waals surface area contributed by atoms with Crippen LogP contribution in [0.1, 0.15) is 11.5 Å². The minimum Gasteiger partial charge on any atom is -0.479 e. The lowest BCUT2D eigenvalue weighted by Gasteiger charge is -2.21. The Bertz CT molecular complexity index is 576. The quantitative estimate of drug-likeness (QED) is 0.489. The molecule has 1 aromatic carbocycles. The maximum atomic E-state index is 10.8. The first-order valence-corrected chi connectivity index (χ1v) is 5.51. The number of carbonyl (C=O) groups is 1. The fourth-order valence-corrected chi connectivity index (χ4v) is 1.83. The number of carboxylic acids is 1. The van der Waals surface area contributed by atoms with Crippen molar-refractivity contribution in [1.29, 1.82) is 0 Å². The normalized spacial score (nSPS) is 25.2. The first-order chi connectivity index (χ1) is 8.92. The van der Waals surface area contributed by atoms with Crippen LogP contribution < -0.4 is 0 Å². The number of hydrogen-bond donors (Lipinski definition) is 2. The summed E-state index contributed by atoms with van der Waals surface area (Å²) in [5.74, 6) is -1.66. The number of hydrogen-bond acceptors (Lipinski definition) is 4. The van der Waals surface area contributed by atoms with Gasteiger partial charge in [-0.25, -0.2) is 4.79 Å². The van der Waals surface area contributed by atoms with E-state index in [1.165, 1.54) is 36.4 Å². The summed E-state index contributed by atoms with van der Waals surface area (Å²) in [5, 5.41) is 29.2. The molecule has 2 rings (SSSR count). The molecule has 19 heavy (non-hydrogen) atoms. The fourth-order valence-electron chi connectivity index (χ4n) is 1.83. The number of allylic oxidation sites excluding steroid dienone is 2. The zero-order chi connectivity index (χ0) is 14.0. The molecule has 6 heteroatoms. The van der Waals surface area contributed by atoms with Gasteiger partial charge in [-0.05, 0) is 17.7 Å². The molecule has 1 aromatic rings. The number of non-ortho nitro benzene ring substituents is 1. The van der Waals surface area contributed by atoms with Gasteiger partial charge < -0.3 is 10.2 Å². The summed E-state index contributed by atoms with van der Waals surface area (Å²) < 4.78 is 0. The van der Waals surface area contributed by atoms with Crippen molar-refractivity contribution in [2.45, 2.75) is 11.5 Å². The van der Waals surface area contributed by atoms with Crippen LogP contribution in [0.25, 0.3) is 0 Å². The summed E-state index contributed by atoms with van der Waals surface area (Å²) in [5.41, 5.74) is -1.37. The number of nitrogens with zero attached hydrogens (tertiary/aromatic N) is 1. The molecule has 0 spiro atoms. The molecule has 0 aliphatic heterocycles. The average molecular weight is 261 g/mol. The van der Waals surface area contributed by atoms with Gasteiger partial charge in [0, 0.05) is 18.1 Å². The Balaban J connectivity index is 2.27. The number of nitro groups is 1. The second-order valence-electron chi connectivity index (χ2n) is 4.23. The molecule has 0 bridgehead atoms. The lowest BCUT2D eigenvalue weighted by Crippen LogP contribution is -2.35. The van der Waals surface area contributed by atoms with Crippen molar-refractivity contribution in [1.82, 2.24) is 0 Å². The Hall–Kier alpha value is -2.47. The summed E-state index contributed by atoms with van der Waals surface area (Å²) in [6, 6.07) is 6.07. The van der Waals surface area contributed by atoms with Crippen molar-refractivity contribution < 1.29 is 19.9 Å². The van der Waals surface area contributed by atoms with Gasteiger partial charge in [0.25, 0.3) is 5.69 Å². The second-order valence-corrected chi connectivity index (χ2v) is 4.23. The van der Waals surface area contributed by atoms with E-state index in [2.05, 4.69) is 0 Å². The number of aliphatic hydroxyl groups is 1. The molecule has 98 valence electrons. The summed E-state index contributed by atoms with van der Waals surface area (Å²) in [6.45, 7) is 0.